The second kappa shape index (κ2) is 5.52. The van der Waals surface area contributed by atoms with E-state index in [1.807, 2.05) is 36.4 Å². The van der Waals surface area contributed by atoms with Crippen molar-refractivity contribution in [2.24, 2.45) is 0 Å². The lowest BCUT2D eigenvalue weighted by Gasteiger charge is -2.40. The molecule has 0 aromatic heterocycles. The molecule has 3 nitrogen and oxygen atoms in total. The Morgan fingerprint density at radius 3 is 2.68 bits per heavy atom. The Kier molecular flexibility index (Phi) is 3.64. The quantitative estimate of drug-likeness (QED) is 0.833. The zero-order valence-electron chi connectivity index (χ0n) is 14.0. The fraction of sp³-hybridized carbons (Fsp3) is 0.250. The standard InChI is InChI=1S/C20H18Cl2N2O/c1-19(2)14-7-3-4-9-16(14)24-12-17(25)23-20(19,24)11-10-13-6-5-8-15(21)18(13)22/h3-11H,12H2,1-2H3,(H,23,25)/b11-10+/t20-/m1/s1. The van der Waals surface area contributed by atoms with Gasteiger partial charge in [-0.05, 0) is 29.3 Å². The molecule has 0 aliphatic carbocycles. The van der Waals surface area contributed by atoms with Crippen molar-refractivity contribution in [1.29, 1.82) is 0 Å². The third-order valence-corrected chi connectivity index (χ3v) is 6.20. The molecule has 2 aliphatic rings. The van der Waals surface area contributed by atoms with Crippen molar-refractivity contribution < 1.29 is 4.79 Å². The van der Waals surface area contributed by atoms with Gasteiger partial charge in [0.2, 0.25) is 5.91 Å². The number of rotatable bonds is 2. The maximum absolute atomic E-state index is 12.3. The fourth-order valence-electron chi connectivity index (χ4n) is 4.00. The van der Waals surface area contributed by atoms with Crippen molar-refractivity contribution in [3.05, 3.63) is 69.7 Å². The highest BCUT2D eigenvalue weighted by Crippen LogP contribution is 2.52. The molecular weight excluding hydrogens is 355 g/mol. The monoisotopic (exact) mass is 372 g/mol. The van der Waals surface area contributed by atoms with Crippen molar-refractivity contribution in [1.82, 2.24) is 5.32 Å². The number of halogens is 2. The van der Waals surface area contributed by atoms with Gasteiger partial charge in [0.15, 0.2) is 0 Å². The van der Waals surface area contributed by atoms with Crippen molar-refractivity contribution in [2.75, 3.05) is 11.4 Å². The highest BCUT2D eigenvalue weighted by molar-refractivity contribution is 6.42. The summed E-state index contributed by atoms with van der Waals surface area (Å²) in [5, 5.41) is 4.23. The third kappa shape index (κ3) is 2.22. The first-order valence-corrected chi connectivity index (χ1v) is 8.94. The SMILES string of the molecule is CC1(C)c2ccccc2N2CC(=O)N[C@]21/C=C/c1cccc(Cl)c1Cl. The zero-order chi connectivity index (χ0) is 17.8. The van der Waals surface area contributed by atoms with Crippen LogP contribution in [0.3, 0.4) is 0 Å². The van der Waals surface area contributed by atoms with Gasteiger partial charge in [-0.15, -0.1) is 0 Å². The summed E-state index contributed by atoms with van der Waals surface area (Å²) in [5.74, 6) is 0.0180. The van der Waals surface area contributed by atoms with Crippen LogP contribution in [0, 0.1) is 0 Å². The maximum Gasteiger partial charge on any atom is 0.241 e. The molecule has 2 aliphatic heterocycles. The predicted octanol–water partition coefficient (Wildman–Crippen LogP) is 4.63. The number of para-hydroxylation sites is 1. The summed E-state index contributed by atoms with van der Waals surface area (Å²) >= 11 is 12.4. The van der Waals surface area contributed by atoms with Gasteiger partial charge in [0.25, 0.3) is 0 Å². The molecule has 128 valence electrons. The van der Waals surface area contributed by atoms with Gasteiger partial charge in [0, 0.05) is 11.1 Å². The number of nitrogens with zero attached hydrogens (tertiary/aromatic N) is 1. The van der Waals surface area contributed by atoms with E-state index in [-0.39, 0.29) is 11.3 Å². The second-order valence-electron chi connectivity index (χ2n) is 7.02. The summed E-state index contributed by atoms with van der Waals surface area (Å²) < 4.78 is 0. The third-order valence-electron chi connectivity index (χ3n) is 5.36. The molecule has 0 radical (unpaired) electrons. The van der Waals surface area contributed by atoms with E-state index in [4.69, 9.17) is 23.2 Å². The fourth-order valence-corrected chi connectivity index (χ4v) is 4.37. The summed E-state index contributed by atoms with van der Waals surface area (Å²) in [4.78, 5) is 14.4. The summed E-state index contributed by atoms with van der Waals surface area (Å²) in [6.07, 6.45) is 3.98. The van der Waals surface area contributed by atoms with E-state index in [1.165, 1.54) is 5.56 Å². The van der Waals surface area contributed by atoms with Gasteiger partial charge in [-0.2, -0.15) is 0 Å². The first-order chi connectivity index (χ1) is 11.9. The lowest BCUT2D eigenvalue weighted by molar-refractivity contribution is -0.118. The Morgan fingerprint density at radius 1 is 1.12 bits per heavy atom. The van der Waals surface area contributed by atoms with Crippen LogP contribution in [0.25, 0.3) is 6.08 Å². The average Bonchev–Trinajstić information content (AvgIpc) is 3.01. The van der Waals surface area contributed by atoms with Gasteiger partial charge < -0.3 is 10.2 Å². The lowest BCUT2D eigenvalue weighted by Crippen LogP contribution is -2.58. The molecule has 4 rings (SSSR count). The Labute approximate surface area is 157 Å². The van der Waals surface area contributed by atoms with Gasteiger partial charge >= 0.3 is 0 Å². The molecule has 2 aromatic carbocycles. The molecule has 1 atom stereocenters. The number of fused-ring (bicyclic) bond motifs is 3. The zero-order valence-corrected chi connectivity index (χ0v) is 15.5. The topological polar surface area (TPSA) is 32.3 Å². The number of benzene rings is 2. The number of hydrogen-bond acceptors (Lipinski definition) is 2. The Balaban J connectivity index is 1.85. The Hall–Kier alpha value is -1.97. The maximum atomic E-state index is 12.3. The molecule has 1 N–H and O–H groups in total. The molecule has 2 heterocycles. The molecule has 0 saturated carbocycles. The normalized spacial score (nSPS) is 23.7. The van der Waals surface area contributed by atoms with Crippen LogP contribution in [0.1, 0.15) is 25.0 Å². The molecular formula is C20H18Cl2N2O. The predicted molar refractivity (Wildman–Crippen MR) is 103 cm³/mol. The summed E-state index contributed by atoms with van der Waals surface area (Å²) in [5.41, 5.74) is 2.22. The molecule has 0 unspecified atom stereocenters. The number of amides is 1. The van der Waals surface area contributed by atoms with Crippen LogP contribution in [0.5, 0.6) is 0 Å². The summed E-state index contributed by atoms with van der Waals surface area (Å²) in [7, 11) is 0. The van der Waals surface area contributed by atoms with Gasteiger partial charge in [-0.1, -0.05) is 73.5 Å². The molecule has 2 aromatic rings. The van der Waals surface area contributed by atoms with E-state index < -0.39 is 5.66 Å². The first-order valence-electron chi connectivity index (χ1n) is 8.18. The van der Waals surface area contributed by atoms with E-state index >= 15 is 0 Å². The number of hydrogen-bond donors (Lipinski definition) is 1. The first kappa shape index (κ1) is 16.5. The smallest absolute Gasteiger partial charge is 0.241 e. The average molecular weight is 373 g/mol. The van der Waals surface area contributed by atoms with Crippen LogP contribution in [-0.2, 0) is 10.2 Å². The number of anilines is 1. The molecule has 1 amide bonds. The van der Waals surface area contributed by atoms with Crippen molar-refractivity contribution >= 4 is 40.9 Å². The summed E-state index contributed by atoms with van der Waals surface area (Å²) in [6, 6.07) is 13.8. The van der Waals surface area contributed by atoms with Crippen LogP contribution >= 0.6 is 23.2 Å². The molecule has 1 fully saturated rings. The highest BCUT2D eigenvalue weighted by Gasteiger charge is 2.59. The molecule has 0 spiro atoms. The van der Waals surface area contributed by atoms with Crippen molar-refractivity contribution in [3.8, 4) is 0 Å². The number of carbonyl (C=O) groups is 1. The van der Waals surface area contributed by atoms with Gasteiger partial charge in [0.1, 0.15) is 5.66 Å². The number of carbonyl (C=O) groups excluding carboxylic acids is 1. The van der Waals surface area contributed by atoms with E-state index in [0.29, 0.717) is 16.6 Å². The molecule has 25 heavy (non-hydrogen) atoms. The van der Waals surface area contributed by atoms with E-state index in [2.05, 4.69) is 36.2 Å². The van der Waals surface area contributed by atoms with Crippen LogP contribution in [0.2, 0.25) is 10.0 Å². The highest BCUT2D eigenvalue weighted by atomic mass is 35.5. The molecule has 0 bridgehead atoms. The van der Waals surface area contributed by atoms with Crippen LogP contribution in [0.4, 0.5) is 5.69 Å². The van der Waals surface area contributed by atoms with E-state index in [9.17, 15) is 4.79 Å². The van der Waals surface area contributed by atoms with Crippen molar-refractivity contribution in [2.45, 2.75) is 24.9 Å². The van der Waals surface area contributed by atoms with Crippen LogP contribution < -0.4 is 10.2 Å². The minimum absolute atomic E-state index is 0.0180. The summed E-state index contributed by atoms with van der Waals surface area (Å²) in [6.45, 7) is 4.65. The minimum Gasteiger partial charge on any atom is -0.335 e. The minimum atomic E-state index is -0.626. The van der Waals surface area contributed by atoms with Crippen molar-refractivity contribution in [3.63, 3.8) is 0 Å². The Morgan fingerprint density at radius 2 is 1.88 bits per heavy atom. The number of nitrogens with one attached hydrogen (secondary N) is 1. The van der Waals surface area contributed by atoms with E-state index in [0.717, 1.165) is 11.3 Å². The lowest BCUT2D eigenvalue weighted by atomic mass is 9.75. The molecule has 1 saturated heterocycles. The van der Waals surface area contributed by atoms with Crippen LogP contribution in [-0.4, -0.2) is 18.1 Å². The van der Waals surface area contributed by atoms with Crippen LogP contribution in [0.15, 0.2) is 48.5 Å². The van der Waals surface area contributed by atoms with Gasteiger partial charge in [-0.25, -0.2) is 0 Å². The second-order valence-corrected chi connectivity index (χ2v) is 7.80. The van der Waals surface area contributed by atoms with E-state index in [1.54, 1.807) is 6.07 Å². The Bertz CT molecular complexity index is 906. The largest absolute Gasteiger partial charge is 0.335 e. The van der Waals surface area contributed by atoms with Gasteiger partial charge in [0.05, 0.1) is 16.6 Å². The van der Waals surface area contributed by atoms with Gasteiger partial charge in [-0.3, -0.25) is 4.79 Å². The molecule has 5 heteroatoms.